The van der Waals surface area contributed by atoms with E-state index in [9.17, 15) is 4.39 Å². The van der Waals surface area contributed by atoms with E-state index in [1.807, 2.05) is 19.1 Å². The van der Waals surface area contributed by atoms with Gasteiger partial charge in [0.25, 0.3) is 0 Å². The summed E-state index contributed by atoms with van der Waals surface area (Å²) in [7, 11) is 0. The summed E-state index contributed by atoms with van der Waals surface area (Å²) in [5.41, 5.74) is 2.31. The Labute approximate surface area is 128 Å². The molecule has 0 spiro atoms. The zero-order chi connectivity index (χ0) is 14.7. The maximum absolute atomic E-state index is 13.8. The van der Waals surface area contributed by atoms with Crippen molar-refractivity contribution in [1.82, 2.24) is 5.32 Å². The number of benzene rings is 2. The molecular formula is C16H16Cl2FN. The molecule has 0 aliphatic rings. The number of halogens is 3. The van der Waals surface area contributed by atoms with Crippen LogP contribution in [-0.2, 0) is 0 Å². The van der Waals surface area contributed by atoms with Gasteiger partial charge in [0.1, 0.15) is 5.82 Å². The van der Waals surface area contributed by atoms with E-state index >= 15 is 0 Å². The van der Waals surface area contributed by atoms with E-state index in [0.29, 0.717) is 15.6 Å². The Kier molecular flexibility index (Phi) is 5.03. The van der Waals surface area contributed by atoms with E-state index in [2.05, 4.69) is 5.32 Å². The van der Waals surface area contributed by atoms with Crippen LogP contribution in [0.3, 0.4) is 0 Å². The first-order chi connectivity index (χ1) is 9.52. The molecule has 4 heteroatoms. The molecule has 0 radical (unpaired) electrons. The van der Waals surface area contributed by atoms with Gasteiger partial charge in [0.15, 0.2) is 0 Å². The molecule has 0 bridgehead atoms. The first kappa shape index (κ1) is 15.3. The molecule has 0 aromatic heterocycles. The second-order valence-electron chi connectivity index (χ2n) is 4.67. The van der Waals surface area contributed by atoms with E-state index in [1.54, 1.807) is 31.2 Å². The van der Waals surface area contributed by atoms with Crippen LogP contribution in [0.1, 0.15) is 29.7 Å². The summed E-state index contributed by atoms with van der Waals surface area (Å²) in [5.74, 6) is -0.219. The second-order valence-corrected chi connectivity index (χ2v) is 5.51. The standard InChI is InChI=1S/C16H16Cl2FN/c1-3-20-16(11-5-4-10(2)15(19)8-11)13-9-12(17)6-7-14(13)18/h4-9,16,20H,3H2,1-2H3. The summed E-state index contributed by atoms with van der Waals surface area (Å²) in [4.78, 5) is 0. The summed E-state index contributed by atoms with van der Waals surface area (Å²) in [6.07, 6.45) is 0. The van der Waals surface area contributed by atoms with Gasteiger partial charge in [-0.2, -0.15) is 0 Å². The Balaban J connectivity index is 2.49. The lowest BCUT2D eigenvalue weighted by Crippen LogP contribution is -2.22. The SMILES string of the molecule is CCNC(c1ccc(C)c(F)c1)c1cc(Cl)ccc1Cl. The Morgan fingerprint density at radius 1 is 1.15 bits per heavy atom. The molecule has 0 saturated carbocycles. The van der Waals surface area contributed by atoms with Crippen LogP contribution in [0.5, 0.6) is 0 Å². The molecule has 0 amide bonds. The lowest BCUT2D eigenvalue weighted by atomic mass is 9.97. The predicted molar refractivity (Wildman–Crippen MR) is 83.1 cm³/mol. The van der Waals surface area contributed by atoms with Gasteiger partial charge in [0, 0.05) is 10.0 Å². The fourth-order valence-corrected chi connectivity index (χ4v) is 2.54. The fourth-order valence-electron chi connectivity index (χ4n) is 2.14. The summed E-state index contributed by atoms with van der Waals surface area (Å²) in [5, 5.41) is 4.54. The van der Waals surface area contributed by atoms with E-state index in [0.717, 1.165) is 17.7 Å². The highest BCUT2D eigenvalue weighted by molar-refractivity contribution is 6.33. The van der Waals surface area contributed by atoms with E-state index in [-0.39, 0.29) is 11.9 Å². The van der Waals surface area contributed by atoms with E-state index < -0.39 is 0 Å². The quantitative estimate of drug-likeness (QED) is 0.824. The Morgan fingerprint density at radius 3 is 2.55 bits per heavy atom. The molecular weight excluding hydrogens is 296 g/mol. The van der Waals surface area contributed by atoms with Crippen LogP contribution in [0.25, 0.3) is 0 Å². The molecule has 1 nitrogen and oxygen atoms in total. The van der Waals surface area contributed by atoms with Crippen molar-refractivity contribution in [2.24, 2.45) is 0 Å². The monoisotopic (exact) mass is 311 g/mol. The van der Waals surface area contributed by atoms with Crippen LogP contribution in [-0.4, -0.2) is 6.54 Å². The van der Waals surface area contributed by atoms with Gasteiger partial charge in [-0.15, -0.1) is 0 Å². The van der Waals surface area contributed by atoms with E-state index in [1.165, 1.54) is 0 Å². The normalized spacial score (nSPS) is 12.4. The van der Waals surface area contributed by atoms with Gasteiger partial charge in [-0.1, -0.05) is 42.3 Å². The summed E-state index contributed by atoms with van der Waals surface area (Å²) in [6, 6.07) is 10.4. The maximum atomic E-state index is 13.8. The van der Waals surface area contributed by atoms with Crippen molar-refractivity contribution in [2.75, 3.05) is 6.54 Å². The first-order valence-electron chi connectivity index (χ1n) is 6.47. The van der Waals surface area contributed by atoms with Crippen LogP contribution in [0.15, 0.2) is 36.4 Å². The average molecular weight is 312 g/mol. The van der Waals surface area contributed by atoms with Crippen molar-refractivity contribution >= 4 is 23.2 Å². The smallest absolute Gasteiger partial charge is 0.126 e. The molecule has 2 rings (SSSR count). The van der Waals surface area contributed by atoms with Crippen LogP contribution < -0.4 is 5.32 Å². The highest BCUT2D eigenvalue weighted by Crippen LogP contribution is 2.31. The predicted octanol–water partition coefficient (Wildman–Crippen LogP) is 5.14. The Bertz CT molecular complexity index is 613. The summed E-state index contributed by atoms with van der Waals surface area (Å²) < 4.78 is 13.8. The van der Waals surface area contributed by atoms with Crippen molar-refractivity contribution in [1.29, 1.82) is 0 Å². The minimum Gasteiger partial charge on any atom is -0.306 e. The molecule has 2 aromatic carbocycles. The third-order valence-electron chi connectivity index (χ3n) is 3.21. The largest absolute Gasteiger partial charge is 0.306 e. The number of hydrogen-bond acceptors (Lipinski definition) is 1. The Hall–Kier alpha value is -1.09. The lowest BCUT2D eigenvalue weighted by Gasteiger charge is -2.21. The van der Waals surface area contributed by atoms with Crippen LogP contribution in [0.2, 0.25) is 10.0 Å². The zero-order valence-corrected chi connectivity index (χ0v) is 12.9. The van der Waals surface area contributed by atoms with Crippen LogP contribution >= 0.6 is 23.2 Å². The topological polar surface area (TPSA) is 12.0 Å². The zero-order valence-electron chi connectivity index (χ0n) is 11.4. The second kappa shape index (κ2) is 6.57. The average Bonchev–Trinajstić information content (AvgIpc) is 2.42. The minimum atomic E-state index is -0.219. The molecule has 0 fully saturated rings. The number of hydrogen-bond donors (Lipinski definition) is 1. The lowest BCUT2D eigenvalue weighted by molar-refractivity contribution is 0.597. The highest BCUT2D eigenvalue weighted by Gasteiger charge is 2.17. The number of rotatable bonds is 4. The minimum absolute atomic E-state index is 0.179. The van der Waals surface area contributed by atoms with Crippen molar-refractivity contribution in [2.45, 2.75) is 19.9 Å². The summed E-state index contributed by atoms with van der Waals surface area (Å²) in [6.45, 7) is 4.48. The highest BCUT2D eigenvalue weighted by atomic mass is 35.5. The van der Waals surface area contributed by atoms with Crippen LogP contribution in [0, 0.1) is 12.7 Å². The molecule has 0 saturated heterocycles. The third-order valence-corrected chi connectivity index (χ3v) is 3.79. The van der Waals surface area contributed by atoms with Crippen LogP contribution in [0.4, 0.5) is 4.39 Å². The molecule has 1 atom stereocenters. The molecule has 1 N–H and O–H groups in total. The van der Waals surface area contributed by atoms with Crippen molar-refractivity contribution in [3.05, 3.63) is 69.0 Å². The molecule has 2 aromatic rings. The maximum Gasteiger partial charge on any atom is 0.126 e. The van der Waals surface area contributed by atoms with Gasteiger partial charge in [-0.25, -0.2) is 4.39 Å². The van der Waals surface area contributed by atoms with Crippen molar-refractivity contribution < 1.29 is 4.39 Å². The van der Waals surface area contributed by atoms with Crippen molar-refractivity contribution in [3.8, 4) is 0 Å². The fraction of sp³-hybridized carbons (Fsp3) is 0.250. The number of nitrogens with one attached hydrogen (secondary N) is 1. The molecule has 106 valence electrons. The first-order valence-corrected chi connectivity index (χ1v) is 7.23. The molecule has 20 heavy (non-hydrogen) atoms. The van der Waals surface area contributed by atoms with Gasteiger partial charge in [-0.3, -0.25) is 0 Å². The Morgan fingerprint density at radius 2 is 1.90 bits per heavy atom. The molecule has 0 aliphatic carbocycles. The van der Waals surface area contributed by atoms with Gasteiger partial charge < -0.3 is 5.32 Å². The summed E-state index contributed by atoms with van der Waals surface area (Å²) >= 11 is 12.3. The van der Waals surface area contributed by atoms with Gasteiger partial charge >= 0.3 is 0 Å². The molecule has 1 unspecified atom stereocenters. The van der Waals surface area contributed by atoms with Crippen molar-refractivity contribution in [3.63, 3.8) is 0 Å². The van der Waals surface area contributed by atoms with Gasteiger partial charge in [0.05, 0.1) is 6.04 Å². The van der Waals surface area contributed by atoms with E-state index in [4.69, 9.17) is 23.2 Å². The third kappa shape index (κ3) is 3.32. The number of aryl methyl sites for hydroxylation is 1. The van der Waals surface area contributed by atoms with Gasteiger partial charge in [-0.05, 0) is 54.4 Å². The molecule has 0 heterocycles. The molecule has 0 aliphatic heterocycles. The van der Waals surface area contributed by atoms with Gasteiger partial charge in [0.2, 0.25) is 0 Å².